The number of hydrogen-bond acceptors (Lipinski definition) is 2. The summed E-state index contributed by atoms with van der Waals surface area (Å²) in [5, 5.41) is 0. The maximum Gasteiger partial charge on any atom is 0.0223 e. The molecule has 2 nitrogen and oxygen atoms in total. The highest BCUT2D eigenvalue weighted by Gasteiger charge is 1.83. The minimum absolute atomic E-state index is 0.768. The molecular weight excluding hydrogens is 124 g/mol. The third kappa shape index (κ3) is 6.21. The van der Waals surface area contributed by atoms with Crippen molar-refractivity contribution < 1.29 is 0 Å². The number of rotatable bonds is 5. The number of hydrazine groups is 1. The zero-order chi connectivity index (χ0) is 6.24. The highest BCUT2D eigenvalue weighted by atomic mass is 35.5. The van der Waals surface area contributed by atoms with Crippen LogP contribution < -0.4 is 11.3 Å². The second-order valence-corrected chi connectivity index (χ2v) is 2.08. The Labute approximate surface area is 55.4 Å². The lowest BCUT2D eigenvalue weighted by Gasteiger charge is -1.94. The standard InChI is InChI=1S/C5H13ClN2/c6-4-2-1-3-5-8-7/h8H,1-5,7H2. The second-order valence-electron chi connectivity index (χ2n) is 1.70. The minimum Gasteiger partial charge on any atom is -0.271 e. The Morgan fingerprint density at radius 3 is 2.50 bits per heavy atom. The Hall–Kier alpha value is 0.210. The van der Waals surface area contributed by atoms with E-state index in [1.165, 1.54) is 6.42 Å². The van der Waals surface area contributed by atoms with Crippen LogP contribution in [0.15, 0.2) is 0 Å². The molecule has 0 amide bonds. The molecular formula is C5H13ClN2. The number of hydrogen-bond donors (Lipinski definition) is 2. The molecule has 0 atom stereocenters. The fourth-order valence-corrected chi connectivity index (χ4v) is 0.687. The zero-order valence-corrected chi connectivity index (χ0v) is 5.75. The van der Waals surface area contributed by atoms with Crippen LogP contribution in [0, 0.1) is 0 Å². The molecule has 0 radical (unpaired) electrons. The van der Waals surface area contributed by atoms with E-state index in [1.807, 2.05) is 0 Å². The molecule has 0 aliphatic heterocycles. The van der Waals surface area contributed by atoms with E-state index in [0.717, 1.165) is 25.3 Å². The van der Waals surface area contributed by atoms with E-state index < -0.39 is 0 Å². The first kappa shape index (κ1) is 8.21. The van der Waals surface area contributed by atoms with Crippen molar-refractivity contribution in [3.8, 4) is 0 Å². The Morgan fingerprint density at radius 1 is 1.25 bits per heavy atom. The van der Waals surface area contributed by atoms with E-state index in [2.05, 4.69) is 5.43 Å². The Balaban J connectivity index is 2.53. The molecule has 0 saturated heterocycles. The summed E-state index contributed by atoms with van der Waals surface area (Å²) in [6.45, 7) is 0.900. The molecule has 3 N–H and O–H groups in total. The van der Waals surface area contributed by atoms with Gasteiger partial charge in [-0.1, -0.05) is 6.42 Å². The van der Waals surface area contributed by atoms with Crippen LogP contribution in [0.25, 0.3) is 0 Å². The number of halogens is 1. The van der Waals surface area contributed by atoms with Crippen molar-refractivity contribution >= 4 is 11.6 Å². The molecule has 0 aliphatic carbocycles. The number of unbranched alkanes of at least 4 members (excludes halogenated alkanes) is 2. The van der Waals surface area contributed by atoms with Gasteiger partial charge in [0.25, 0.3) is 0 Å². The highest BCUT2D eigenvalue weighted by Crippen LogP contribution is 1.94. The van der Waals surface area contributed by atoms with Gasteiger partial charge in [-0.3, -0.25) is 11.3 Å². The van der Waals surface area contributed by atoms with Crippen LogP contribution in [0.4, 0.5) is 0 Å². The summed E-state index contributed by atoms with van der Waals surface area (Å²) in [6, 6.07) is 0. The van der Waals surface area contributed by atoms with E-state index in [0.29, 0.717) is 0 Å². The summed E-state index contributed by atoms with van der Waals surface area (Å²) in [7, 11) is 0. The SMILES string of the molecule is NNCCCCCCl. The summed E-state index contributed by atoms with van der Waals surface area (Å²) in [5.74, 6) is 5.80. The Morgan fingerprint density at radius 2 is 2.00 bits per heavy atom. The van der Waals surface area contributed by atoms with Gasteiger partial charge < -0.3 is 0 Å². The van der Waals surface area contributed by atoms with Crippen molar-refractivity contribution in [2.24, 2.45) is 5.84 Å². The predicted octanol–water partition coefficient (Wildman–Crippen LogP) is 0.859. The largest absolute Gasteiger partial charge is 0.271 e. The van der Waals surface area contributed by atoms with Crippen molar-refractivity contribution in [2.45, 2.75) is 19.3 Å². The monoisotopic (exact) mass is 136 g/mol. The first-order chi connectivity index (χ1) is 3.91. The molecule has 0 heterocycles. The van der Waals surface area contributed by atoms with Crippen LogP contribution in [-0.2, 0) is 0 Å². The Bertz CT molecular complexity index is 35.4. The number of alkyl halides is 1. The smallest absolute Gasteiger partial charge is 0.0223 e. The van der Waals surface area contributed by atoms with Gasteiger partial charge in [-0.05, 0) is 12.8 Å². The van der Waals surface area contributed by atoms with Crippen LogP contribution >= 0.6 is 11.6 Å². The Kier molecular flexibility index (Phi) is 7.40. The fourth-order valence-electron chi connectivity index (χ4n) is 0.498. The molecule has 0 unspecified atom stereocenters. The van der Waals surface area contributed by atoms with Crippen LogP contribution in [-0.4, -0.2) is 12.4 Å². The molecule has 8 heavy (non-hydrogen) atoms. The first-order valence-electron chi connectivity index (χ1n) is 2.91. The van der Waals surface area contributed by atoms with Gasteiger partial charge in [0.2, 0.25) is 0 Å². The summed E-state index contributed by atoms with van der Waals surface area (Å²) in [4.78, 5) is 0. The maximum atomic E-state index is 5.43. The maximum absolute atomic E-state index is 5.43. The van der Waals surface area contributed by atoms with Crippen molar-refractivity contribution in [3.63, 3.8) is 0 Å². The third-order valence-corrected chi connectivity index (χ3v) is 1.22. The van der Waals surface area contributed by atoms with E-state index in [4.69, 9.17) is 17.4 Å². The van der Waals surface area contributed by atoms with Gasteiger partial charge in [0.15, 0.2) is 0 Å². The lowest BCUT2D eigenvalue weighted by Crippen LogP contribution is -2.22. The summed E-state index contributed by atoms with van der Waals surface area (Å²) in [5.41, 5.74) is 2.58. The van der Waals surface area contributed by atoms with Gasteiger partial charge in [-0.15, -0.1) is 11.6 Å². The van der Waals surface area contributed by atoms with Crippen molar-refractivity contribution in [2.75, 3.05) is 12.4 Å². The molecule has 50 valence electrons. The van der Waals surface area contributed by atoms with Crippen molar-refractivity contribution in [1.29, 1.82) is 0 Å². The molecule has 0 aliphatic rings. The van der Waals surface area contributed by atoms with E-state index >= 15 is 0 Å². The quantitative estimate of drug-likeness (QED) is 0.255. The van der Waals surface area contributed by atoms with Crippen LogP contribution in [0.1, 0.15) is 19.3 Å². The van der Waals surface area contributed by atoms with Crippen LogP contribution in [0.2, 0.25) is 0 Å². The molecule has 0 rings (SSSR count). The van der Waals surface area contributed by atoms with Crippen LogP contribution in [0.3, 0.4) is 0 Å². The average molecular weight is 137 g/mol. The topological polar surface area (TPSA) is 38.0 Å². The molecule has 0 aromatic heterocycles. The molecule has 0 aromatic rings. The van der Waals surface area contributed by atoms with Gasteiger partial charge in [0.1, 0.15) is 0 Å². The summed E-state index contributed by atoms with van der Waals surface area (Å²) in [6.07, 6.45) is 3.40. The molecule has 0 spiro atoms. The molecule has 3 heteroatoms. The van der Waals surface area contributed by atoms with Gasteiger partial charge in [-0.2, -0.15) is 0 Å². The average Bonchev–Trinajstić information content (AvgIpc) is 1.81. The predicted molar refractivity (Wildman–Crippen MR) is 36.8 cm³/mol. The van der Waals surface area contributed by atoms with Crippen LogP contribution in [0.5, 0.6) is 0 Å². The highest BCUT2D eigenvalue weighted by molar-refractivity contribution is 6.17. The molecule has 0 bridgehead atoms. The third-order valence-electron chi connectivity index (χ3n) is 0.955. The summed E-state index contributed by atoms with van der Waals surface area (Å²) < 4.78 is 0. The van der Waals surface area contributed by atoms with E-state index in [1.54, 1.807) is 0 Å². The van der Waals surface area contributed by atoms with Gasteiger partial charge >= 0.3 is 0 Å². The number of nitrogens with one attached hydrogen (secondary N) is 1. The van der Waals surface area contributed by atoms with E-state index in [9.17, 15) is 0 Å². The summed E-state index contributed by atoms with van der Waals surface area (Å²) >= 11 is 5.43. The normalized spacial score (nSPS) is 9.75. The van der Waals surface area contributed by atoms with Crippen molar-refractivity contribution in [3.05, 3.63) is 0 Å². The van der Waals surface area contributed by atoms with Gasteiger partial charge in [-0.25, -0.2) is 0 Å². The zero-order valence-electron chi connectivity index (χ0n) is 4.99. The van der Waals surface area contributed by atoms with Gasteiger partial charge in [0.05, 0.1) is 0 Å². The molecule has 0 fully saturated rings. The first-order valence-corrected chi connectivity index (χ1v) is 3.44. The molecule has 0 saturated carbocycles. The lowest BCUT2D eigenvalue weighted by molar-refractivity contribution is 0.639. The minimum atomic E-state index is 0.768. The number of nitrogens with two attached hydrogens (primary N) is 1. The molecule has 0 aromatic carbocycles. The van der Waals surface area contributed by atoms with Gasteiger partial charge in [0, 0.05) is 12.4 Å². The van der Waals surface area contributed by atoms with E-state index in [-0.39, 0.29) is 0 Å². The lowest BCUT2D eigenvalue weighted by atomic mass is 10.2. The fraction of sp³-hybridized carbons (Fsp3) is 1.00. The van der Waals surface area contributed by atoms with Crippen molar-refractivity contribution in [1.82, 2.24) is 5.43 Å². The second kappa shape index (κ2) is 7.21.